The number of ether oxygens (including phenoxy) is 1. The van der Waals surface area contributed by atoms with Gasteiger partial charge in [0.05, 0.1) is 11.3 Å². The molecule has 0 fully saturated rings. The van der Waals surface area contributed by atoms with Gasteiger partial charge in [0, 0.05) is 11.4 Å². The Balaban J connectivity index is 1.51. The van der Waals surface area contributed by atoms with Crippen LogP contribution < -0.4 is 20.7 Å². The SMILES string of the molecule is CC(Oc1ccccc1Cl)C(=O)Nc1ccc(NC(=S)NC(=O)c2ccco2)cc1. The smallest absolute Gasteiger partial charge is 0.293 e. The summed E-state index contributed by atoms with van der Waals surface area (Å²) in [5.74, 6) is -0.178. The van der Waals surface area contributed by atoms with Crippen molar-refractivity contribution >= 4 is 52.1 Å². The van der Waals surface area contributed by atoms with Gasteiger partial charge in [0.25, 0.3) is 11.8 Å². The van der Waals surface area contributed by atoms with Crippen LogP contribution in [0.5, 0.6) is 5.75 Å². The summed E-state index contributed by atoms with van der Waals surface area (Å²) in [7, 11) is 0. The number of rotatable bonds is 6. The van der Waals surface area contributed by atoms with Crippen molar-refractivity contribution in [1.82, 2.24) is 5.32 Å². The number of carbonyl (C=O) groups is 2. The van der Waals surface area contributed by atoms with E-state index in [4.69, 9.17) is 33.0 Å². The summed E-state index contributed by atoms with van der Waals surface area (Å²) in [5.41, 5.74) is 1.21. The maximum atomic E-state index is 12.4. The van der Waals surface area contributed by atoms with Gasteiger partial charge in [-0.05, 0) is 67.7 Å². The minimum absolute atomic E-state index is 0.120. The molecule has 0 saturated carbocycles. The molecule has 1 atom stereocenters. The number of carbonyl (C=O) groups excluding carboxylic acids is 2. The van der Waals surface area contributed by atoms with Gasteiger partial charge in [-0.2, -0.15) is 0 Å². The first-order valence-electron chi connectivity index (χ1n) is 8.90. The summed E-state index contributed by atoms with van der Waals surface area (Å²) in [6.07, 6.45) is 0.658. The molecule has 0 aliphatic rings. The second kappa shape index (κ2) is 9.91. The molecule has 0 spiro atoms. The highest BCUT2D eigenvalue weighted by atomic mass is 35.5. The van der Waals surface area contributed by atoms with Crippen LogP contribution in [0.15, 0.2) is 71.3 Å². The van der Waals surface area contributed by atoms with Crippen LogP contribution in [0.3, 0.4) is 0 Å². The van der Waals surface area contributed by atoms with E-state index in [0.29, 0.717) is 22.1 Å². The molecule has 1 aromatic heterocycles. The Hall–Kier alpha value is -3.36. The molecule has 9 heteroatoms. The summed E-state index contributed by atoms with van der Waals surface area (Å²) in [4.78, 5) is 24.3. The van der Waals surface area contributed by atoms with Crippen LogP contribution in [0.2, 0.25) is 5.02 Å². The Morgan fingerprint density at radius 1 is 1.00 bits per heavy atom. The Labute approximate surface area is 183 Å². The van der Waals surface area contributed by atoms with E-state index in [1.54, 1.807) is 61.5 Å². The maximum Gasteiger partial charge on any atom is 0.293 e. The first-order valence-corrected chi connectivity index (χ1v) is 9.69. The number of halogens is 1. The Morgan fingerprint density at radius 2 is 1.67 bits per heavy atom. The van der Waals surface area contributed by atoms with Gasteiger partial charge < -0.3 is 19.8 Å². The highest BCUT2D eigenvalue weighted by molar-refractivity contribution is 7.80. The average molecular weight is 444 g/mol. The minimum Gasteiger partial charge on any atom is -0.479 e. The van der Waals surface area contributed by atoms with Gasteiger partial charge in [-0.1, -0.05) is 23.7 Å². The molecule has 0 radical (unpaired) electrons. The lowest BCUT2D eigenvalue weighted by Crippen LogP contribution is -2.33. The summed E-state index contributed by atoms with van der Waals surface area (Å²) in [6, 6.07) is 16.9. The predicted molar refractivity (Wildman–Crippen MR) is 119 cm³/mol. The number of nitrogens with one attached hydrogen (secondary N) is 3. The van der Waals surface area contributed by atoms with Gasteiger partial charge in [0.15, 0.2) is 17.0 Å². The molecule has 1 unspecified atom stereocenters. The molecule has 1 heterocycles. The van der Waals surface area contributed by atoms with Crippen LogP contribution in [0.1, 0.15) is 17.5 Å². The zero-order valence-corrected chi connectivity index (χ0v) is 17.4. The van der Waals surface area contributed by atoms with Crippen molar-refractivity contribution in [3.63, 3.8) is 0 Å². The van der Waals surface area contributed by atoms with Crippen LogP contribution >= 0.6 is 23.8 Å². The van der Waals surface area contributed by atoms with Crippen LogP contribution in [0.25, 0.3) is 0 Å². The molecule has 0 bridgehead atoms. The third kappa shape index (κ3) is 5.82. The fourth-order valence-corrected chi connectivity index (χ4v) is 2.79. The summed E-state index contributed by atoms with van der Waals surface area (Å²) >= 11 is 11.2. The molecule has 3 N–H and O–H groups in total. The zero-order chi connectivity index (χ0) is 21.5. The van der Waals surface area contributed by atoms with E-state index in [9.17, 15) is 9.59 Å². The third-order valence-corrected chi connectivity index (χ3v) is 4.41. The van der Waals surface area contributed by atoms with Crippen LogP contribution in [0, 0.1) is 0 Å². The van der Waals surface area contributed by atoms with Gasteiger partial charge in [0.2, 0.25) is 0 Å². The third-order valence-electron chi connectivity index (χ3n) is 3.89. The Morgan fingerprint density at radius 3 is 2.30 bits per heavy atom. The first kappa shape index (κ1) is 21.4. The van der Waals surface area contributed by atoms with E-state index in [0.717, 1.165) is 0 Å². The van der Waals surface area contributed by atoms with Crippen LogP contribution in [-0.4, -0.2) is 23.0 Å². The summed E-state index contributed by atoms with van der Waals surface area (Å²) in [5, 5.41) is 8.71. The van der Waals surface area contributed by atoms with Crippen molar-refractivity contribution in [3.8, 4) is 5.75 Å². The van der Waals surface area contributed by atoms with Crippen molar-refractivity contribution in [3.05, 3.63) is 77.7 Å². The van der Waals surface area contributed by atoms with E-state index in [-0.39, 0.29) is 16.8 Å². The number of para-hydroxylation sites is 1. The molecular formula is C21H18ClN3O4S. The van der Waals surface area contributed by atoms with Crippen LogP contribution in [0.4, 0.5) is 11.4 Å². The van der Waals surface area contributed by atoms with E-state index < -0.39 is 12.0 Å². The second-order valence-corrected chi connectivity index (χ2v) is 6.96. The molecule has 7 nitrogen and oxygen atoms in total. The topological polar surface area (TPSA) is 92.6 Å². The van der Waals surface area contributed by atoms with E-state index in [1.165, 1.54) is 12.3 Å². The monoisotopic (exact) mass is 443 g/mol. The van der Waals surface area contributed by atoms with E-state index >= 15 is 0 Å². The van der Waals surface area contributed by atoms with Crippen molar-refractivity contribution in [1.29, 1.82) is 0 Å². The molecule has 2 amide bonds. The van der Waals surface area contributed by atoms with Crippen molar-refractivity contribution in [2.24, 2.45) is 0 Å². The number of hydrogen-bond donors (Lipinski definition) is 3. The van der Waals surface area contributed by atoms with E-state index in [2.05, 4.69) is 16.0 Å². The van der Waals surface area contributed by atoms with Gasteiger partial charge in [-0.3, -0.25) is 14.9 Å². The molecule has 3 aromatic rings. The van der Waals surface area contributed by atoms with Crippen molar-refractivity contribution in [2.75, 3.05) is 10.6 Å². The number of amides is 2. The highest BCUT2D eigenvalue weighted by Gasteiger charge is 2.16. The zero-order valence-electron chi connectivity index (χ0n) is 15.8. The van der Waals surface area contributed by atoms with Crippen LogP contribution in [-0.2, 0) is 4.79 Å². The molecule has 30 heavy (non-hydrogen) atoms. The maximum absolute atomic E-state index is 12.4. The number of thiocarbonyl (C=S) groups is 1. The predicted octanol–water partition coefficient (Wildman–Crippen LogP) is 4.47. The lowest BCUT2D eigenvalue weighted by atomic mass is 10.2. The second-order valence-electron chi connectivity index (χ2n) is 6.14. The average Bonchev–Trinajstić information content (AvgIpc) is 3.26. The Bertz CT molecular complexity index is 1040. The minimum atomic E-state index is -0.743. The molecule has 3 rings (SSSR count). The van der Waals surface area contributed by atoms with Gasteiger partial charge in [-0.15, -0.1) is 0 Å². The lowest BCUT2D eigenvalue weighted by molar-refractivity contribution is -0.122. The van der Waals surface area contributed by atoms with Crippen molar-refractivity contribution < 1.29 is 18.7 Å². The molecule has 154 valence electrons. The lowest BCUT2D eigenvalue weighted by Gasteiger charge is -2.16. The highest BCUT2D eigenvalue weighted by Crippen LogP contribution is 2.24. The molecule has 2 aromatic carbocycles. The molecule has 0 aliphatic heterocycles. The largest absolute Gasteiger partial charge is 0.479 e. The quantitative estimate of drug-likeness (QED) is 0.487. The van der Waals surface area contributed by atoms with E-state index in [1.807, 2.05) is 0 Å². The van der Waals surface area contributed by atoms with Gasteiger partial charge in [-0.25, -0.2) is 0 Å². The molecule has 0 aliphatic carbocycles. The normalized spacial score (nSPS) is 11.3. The standard InChI is InChI=1S/C21H18ClN3O4S/c1-13(29-17-6-3-2-5-16(17)22)19(26)23-14-8-10-15(11-9-14)24-21(30)25-20(27)18-7-4-12-28-18/h2-13H,1H3,(H,23,26)(H2,24,25,27,30). The number of furan rings is 1. The molecule has 0 saturated heterocycles. The fourth-order valence-electron chi connectivity index (χ4n) is 2.40. The fraction of sp³-hybridized carbons (Fsp3) is 0.0952. The number of benzene rings is 2. The van der Waals surface area contributed by atoms with Gasteiger partial charge >= 0.3 is 0 Å². The number of anilines is 2. The first-order chi connectivity index (χ1) is 14.4. The van der Waals surface area contributed by atoms with Crippen molar-refractivity contribution in [2.45, 2.75) is 13.0 Å². The number of hydrogen-bond acceptors (Lipinski definition) is 5. The summed E-state index contributed by atoms with van der Waals surface area (Å²) in [6.45, 7) is 1.63. The summed E-state index contributed by atoms with van der Waals surface area (Å²) < 4.78 is 10.6. The molecular weight excluding hydrogens is 426 g/mol. The Kier molecular flexibility index (Phi) is 7.05. The van der Waals surface area contributed by atoms with Gasteiger partial charge in [0.1, 0.15) is 5.75 Å².